The van der Waals surface area contributed by atoms with E-state index >= 15 is 0 Å². The molecule has 2 fully saturated rings. The summed E-state index contributed by atoms with van der Waals surface area (Å²) in [7, 11) is -4.01. The highest BCUT2D eigenvalue weighted by atomic mass is 32.2. The molecule has 1 aromatic rings. The van der Waals surface area contributed by atoms with E-state index in [1.807, 2.05) is 6.07 Å². The predicted octanol–water partition coefficient (Wildman–Crippen LogP) is 5.61. The third-order valence-corrected chi connectivity index (χ3v) is 9.63. The van der Waals surface area contributed by atoms with Gasteiger partial charge in [0.2, 0.25) is 0 Å². The van der Waals surface area contributed by atoms with Crippen molar-refractivity contribution in [1.82, 2.24) is 0 Å². The minimum absolute atomic E-state index is 0.0346. The molecule has 1 aromatic carbocycles. The molecule has 4 rings (SSSR count). The lowest BCUT2D eigenvalue weighted by Crippen LogP contribution is -2.51. The minimum Gasteiger partial charge on any atom is -0.393 e. The Kier molecular flexibility index (Phi) is 6.96. The topological polar surface area (TPSA) is 89.6 Å². The summed E-state index contributed by atoms with van der Waals surface area (Å²) < 4.78 is 27.7. The van der Waals surface area contributed by atoms with Crippen LogP contribution in [0.3, 0.4) is 0 Å². The van der Waals surface area contributed by atoms with E-state index in [9.17, 15) is 13.5 Å². The van der Waals surface area contributed by atoms with E-state index < -0.39 is 10.3 Å². The van der Waals surface area contributed by atoms with Gasteiger partial charge < -0.3 is 9.29 Å². The van der Waals surface area contributed by atoms with Crippen molar-refractivity contribution >= 4 is 10.3 Å². The number of nitrogens with two attached hydrogens (primary N) is 1. The van der Waals surface area contributed by atoms with E-state index in [4.69, 9.17) is 9.32 Å². The molecule has 0 unspecified atom stereocenters. The number of aliphatic hydroxyl groups excluding tert-OH is 1. The Balaban J connectivity index is 1.61. The summed E-state index contributed by atoms with van der Waals surface area (Å²) in [5.74, 6) is 1.35. The average Bonchev–Trinajstić information content (AvgIpc) is 3.04. The van der Waals surface area contributed by atoms with Gasteiger partial charge >= 0.3 is 10.3 Å². The molecular weight excluding hydrogens is 422 g/mol. The van der Waals surface area contributed by atoms with Gasteiger partial charge in [-0.2, -0.15) is 13.6 Å². The molecule has 3 aliphatic carbocycles. The van der Waals surface area contributed by atoms with Gasteiger partial charge in [-0.15, -0.1) is 0 Å². The minimum atomic E-state index is -4.01. The largest absolute Gasteiger partial charge is 0.393 e. The molecule has 0 bridgehead atoms. The molecule has 6 heteroatoms. The monoisotopic (exact) mass is 463 g/mol. The lowest BCUT2D eigenvalue weighted by atomic mass is 9.46. The Morgan fingerprint density at radius 1 is 1.09 bits per heavy atom. The number of unbranched alkanes of at least 4 members (excludes halogenated alkanes) is 5. The van der Waals surface area contributed by atoms with Crippen molar-refractivity contribution in [1.29, 1.82) is 0 Å². The second-order valence-corrected chi connectivity index (χ2v) is 12.1. The van der Waals surface area contributed by atoms with Gasteiger partial charge in [-0.1, -0.05) is 58.4 Å². The molecule has 3 N–H and O–H groups in total. The van der Waals surface area contributed by atoms with Crippen LogP contribution in [0.4, 0.5) is 0 Å². The molecule has 3 aliphatic rings. The first-order valence-electron chi connectivity index (χ1n) is 12.7. The summed E-state index contributed by atoms with van der Waals surface area (Å²) in [6.45, 7) is 4.60. The lowest BCUT2D eigenvalue weighted by molar-refractivity contribution is -0.0806. The zero-order chi connectivity index (χ0) is 23.0. The van der Waals surface area contributed by atoms with E-state index in [-0.39, 0.29) is 16.9 Å². The fraction of sp³-hybridized carbons (Fsp3) is 0.769. The van der Waals surface area contributed by atoms with Crippen LogP contribution in [-0.2, 0) is 16.7 Å². The van der Waals surface area contributed by atoms with Gasteiger partial charge in [0.05, 0.1) is 6.10 Å². The molecule has 0 saturated heterocycles. The van der Waals surface area contributed by atoms with Crippen LogP contribution in [0.5, 0.6) is 5.75 Å². The number of hydrogen-bond donors (Lipinski definition) is 2. The van der Waals surface area contributed by atoms with E-state index in [0.717, 1.165) is 38.5 Å². The Labute approximate surface area is 194 Å². The predicted molar refractivity (Wildman–Crippen MR) is 128 cm³/mol. The van der Waals surface area contributed by atoms with Gasteiger partial charge in [-0.25, -0.2) is 0 Å². The second-order valence-electron chi connectivity index (χ2n) is 10.9. The molecule has 2 saturated carbocycles. The molecule has 0 heterocycles. The first-order valence-corrected chi connectivity index (χ1v) is 14.2. The van der Waals surface area contributed by atoms with Crippen LogP contribution in [0.25, 0.3) is 0 Å². The van der Waals surface area contributed by atoms with E-state index in [0.29, 0.717) is 17.6 Å². The highest BCUT2D eigenvalue weighted by molar-refractivity contribution is 7.84. The van der Waals surface area contributed by atoms with Crippen molar-refractivity contribution in [3.05, 3.63) is 29.3 Å². The summed E-state index contributed by atoms with van der Waals surface area (Å²) in [6, 6.07) is 5.73. The van der Waals surface area contributed by atoms with Gasteiger partial charge in [0, 0.05) is 0 Å². The molecule has 32 heavy (non-hydrogen) atoms. The molecule has 5 nitrogen and oxygen atoms in total. The van der Waals surface area contributed by atoms with Gasteiger partial charge in [0.25, 0.3) is 0 Å². The van der Waals surface area contributed by atoms with Crippen LogP contribution >= 0.6 is 0 Å². The maximum Gasteiger partial charge on any atom is 0.380 e. The smallest absolute Gasteiger partial charge is 0.380 e. The van der Waals surface area contributed by atoms with Crippen molar-refractivity contribution in [3.63, 3.8) is 0 Å². The highest BCUT2D eigenvalue weighted by Gasteiger charge is 2.61. The Hall–Kier alpha value is -1.11. The Morgan fingerprint density at radius 3 is 2.59 bits per heavy atom. The van der Waals surface area contributed by atoms with Crippen molar-refractivity contribution < 1.29 is 17.7 Å². The average molecular weight is 464 g/mol. The fourth-order valence-corrected chi connectivity index (χ4v) is 8.07. The normalized spacial score (nSPS) is 33.9. The van der Waals surface area contributed by atoms with Gasteiger partial charge in [0.15, 0.2) is 0 Å². The third-order valence-electron chi connectivity index (χ3n) is 9.20. The van der Waals surface area contributed by atoms with E-state index in [1.54, 1.807) is 6.07 Å². The number of aliphatic hydroxyl groups is 1. The number of rotatable bonds is 9. The van der Waals surface area contributed by atoms with Crippen LogP contribution in [0, 0.1) is 16.7 Å². The van der Waals surface area contributed by atoms with Gasteiger partial charge in [0.1, 0.15) is 5.75 Å². The molecule has 180 valence electrons. The zero-order valence-electron chi connectivity index (χ0n) is 19.8. The van der Waals surface area contributed by atoms with Crippen molar-refractivity contribution in [3.8, 4) is 5.75 Å². The SMILES string of the molecule is CCCCCCCC[C@@]12CCc3cc(OS(N)(=O)=O)ccc3[C@H]1CC[C@@]1(C)[C@H]2CC[C@@H]1O. The lowest BCUT2D eigenvalue weighted by Gasteiger charge is -2.58. The van der Waals surface area contributed by atoms with Crippen LogP contribution in [0.15, 0.2) is 18.2 Å². The molecular formula is C26H41NO4S. The Bertz CT molecular complexity index is 916. The number of hydrogen-bond acceptors (Lipinski definition) is 4. The first kappa shape index (κ1) is 24.0. The van der Waals surface area contributed by atoms with Gasteiger partial charge in [-0.05, 0) is 90.9 Å². The summed E-state index contributed by atoms with van der Waals surface area (Å²) in [6.07, 6.45) is 15.2. The van der Waals surface area contributed by atoms with Gasteiger partial charge in [-0.3, -0.25) is 0 Å². The third kappa shape index (κ3) is 4.47. The maximum atomic E-state index is 11.4. The standard InChI is InChI=1S/C26H41NO4S/c1-3-4-5-6-7-8-15-26-17-13-19-18-20(31-32(27,29)30)9-10-21(19)22(26)14-16-25(2)23(26)11-12-24(25)28/h9-10,18,22-24,28H,3-8,11-17H2,1-2H3,(H2,27,29,30)/t22-,23-,24+,25+,26-/m1/s1. The van der Waals surface area contributed by atoms with Crippen molar-refractivity contribution in [2.24, 2.45) is 21.9 Å². The quantitative estimate of drug-likeness (QED) is 0.466. The first-order chi connectivity index (χ1) is 15.2. The molecule has 0 amide bonds. The van der Waals surface area contributed by atoms with Crippen LogP contribution < -0.4 is 9.32 Å². The summed E-state index contributed by atoms with van der Waals surface area (Å²) in [5.41, 5.74) is 2.85. The molecule has 0 aliphatic heterocycles. The fourth-order valence-electron chi connectivity index (χ4n) is 7.70. The van der Waals surface area contributed by atoms with Crippen LogP contribution in [0.2, 0.25) is 0 Å². The number of fused-ring (bicyclic) bond motifs is 5. The summed E-state index contributed by atoms with van der Waals surface area (Å²) >= 11 is 0. The molecule has 0 aromatic heterocycles. The Morgan fingerprint density at radius 2 is 1.84 bits per heavy atom. The van der Waals surface area contributed by atoms with E-state index in [2.05, 4.69) is 19.9 Å². The van der Waals surface area contributed by atoms with E-state index in [1.165, 1.54) is 56.1 Å². The summed E-state index contributed by atoms with van der Waals surface area (Å²) in [4.78, 5) is 0. The molecule has 0 spiro atoms. The van der Waals surface area contributed by atoms with Crippen LogP contribution in [-0.4, -0.2) is 19.6 Å². The second kappa shape index (κ2) is 9.27. The van der Waals surface area contributed by atoms with Crippen molar-refractivity contribution in [2.75, 3.05) is 0 Å². The number of aryl methyl sites for hydroxylation is 1. The summed E-state index contributed by atoms with van der Waals surface area (Å²) in [5, 5.41) is 16.0. The van der Waals surface area contributed by atoms with Crippen LogP contribution in [0.1, 0.15) is 108 Å². The zero-order valence-corrected chi connectivity index (χ0v) is 20.6. The molecule has 5 atom stereocenters. The number of benzene rings is 1. The molecule has 0 radical (unpaired) electrons. The maximum absolute atomic E-state index is 11.4. The van der Waals surface area contributed by atoms with Crippen molar-refractivity contribution in [2.45, 2.75) is 109 Å². The highest BCUT2D eigenvalue weighted by Crippen LogP contribution is 2.68.